The van der Waals surface area contributed by atoms with Crippen LogP contribution < -0.4 is 11.1 Å². The van der Waals surface area contributed by atoms with Crippen LogP contribution in [0.25, 0.3) is 0 Å². The second-order valence-corrected chi connectivity index (χ2v) is 4.01. The van der Waals surface area contributed by atoms with Crippen LogP contribution in [0.3, 0.4) is 0 Å². The van der Waals surface area contributed by atoms with Crippen molar-refractivity contribution in [3.05, 3.63) is 0 Å². The van der Waals surface area contributed by atoms with Gasteiger partial charge in [-0.25, -0.2) is 0 Å². The van der Waals surface area contributed by atoms with Crippen molar-refractivity contribution in [2.75, 3.05) is 0 Å². The lowest BCUT2D eigenvalue weighted by molar-refractivity contribution is 0.281. The fraction of sp³-hybridized carbons (Fsp3) is 0.889. The third kappa shape index (κ3) is 2.63. The van der Waals surface area contributed by atoms with E-state index in [1.54, 1.807) is 0 Å². The first-order valence-electron chi connectivity index (χ1n) is 4.80. The Balaban J connectivity index is 2.41. The topological polar surface area (TPSA) is 38.0 Å². The molecule has 1 fully saturated rings. The standard InChI is InChI=1S/C9H18N2S/c1-2-7-5-3-4-6-8(7)11-9(10)12/h7-8H,2-6H2,1H3,(H3,10,11,12). The monoisotopic (exact) mass is 186 g/mol. The van der Waals surface area contributed by atoms with Crippen molar-refractivity contribution in [1.82, 2.24) is 5.32 Å². The molecule has 1 saturated carbocycles. The lowest BCUT2D eigenvalue weighted by Gasteiger charge is -2.31. The van der Waals surface area contributed by atoms with Crippen LogP contribution >= 0.6 is 12.2 Å². The first kappa shape index (κ1) is 9.78. The van der Waals surface area contributed by atoms with E-state index in [-0.39, 0.29) is 0 Å². The molecule has 0 aromatic rings. The molecule has 2 unspecified atom stereocenters. The molecule has 0 bridgehead atoms. The van der Waals surface area contributed by atoms with Gasteiger partial charge in [0.05, 0.1) is 0 Å². The number of nitrogens with one attached hydrogen (secondary N) is 1. The van der Waals surface area contributed by atoms with Gasteiger partial charge in [-0.2, -0.15) is 0 Å². The van der Waals surface area contributed by atoms with Crippen molar-refractivity contribution in [1.29, 1.82) is 0 Å². The first-order chi connectivity index (χ1) is 5.74. The van der Waals surface area contributed by atoms with E-state index in [4.69, 9.17) is 18.0 Å². The predicted octanol–water partition coefficient (Wildman–Crippen LogP) is 1.79. The van der Waals surface area contributed by atoms with Gasteiger partial charge in [-0.1, -0.05) is 26.2 Å². The zero-order valence-corrected chi connectivity index (χ0v) is 8.49. The van der Waals surface area contributed by atoms with Gasteiger partial charge in [0.1, 0.15) is 0 Å². The van der Waals surface area contributed by atoms with Gasteiger partial charge in [-0.3, -0.25) is 0 Å². The molecule has 3 heteroatoms. The van der Waals surface area contributed by atoms with Crippen molar-refractivity contribution in [2.24, 2.45) is 11.7 Å². The summed E-state index contributed by atoms with van der Waals surface area (Å²) in [7, 11) is 0. The van der Waals surface area contributed by atoms with E-state index in [0.717, 1.165) is 5.92 Å². The summed E-state index contributed by atoms with van der Waals surface area (Å²) in [4.78, 5) is 0. The summed E-state index contributed by atoms with van der Waals surface area (Å²) in [5.41, 5.74) is 5.46. The van der Waals surface area contributed by atoms with E-state index in [1.165, 1.54) is 32.1 Å². The molecule has 0 amide bonds. The highest BCUT2D eigenvalue weighted by molar-refractivity contribution is 7.80. The van der Waals surface area contributed by atoms with Crippen molar-refractivity contribution in [2.45, 2.75) is 45.1 Å². The molecule has 1 aliphatic rings. The maximum absolute atomic E-state index is 5.46. The third-order valence-electron chi connectivity index (χ3n) is 2.76. The molecule has 1 rings (SSSR count). The van der Waals surface area contributed by atoms with E-state index >= 15 is 0 Å². The molecule has 3 N–H and O–H groups in total. The second kappa shape index (κ2) is 4.65. The van der Waals surface area contributed by atoms with Crippen LogP contribution in [0.2, 0.25) is 0 Å². The van der Waals surface area contributed by atoms with E-state index in [2.05, 4.69) is 12.2 Å². The quantitative estimate of drug-likeness (QED) is 0.646. The number of nitrogens with two attached hydrogens (primary N) is 1. The van der Waals surface area contributed by atoms with Gasteiger partial charge in [-0.15, -0.1) is 0 Å². The van der Waals surface area contributed by atoms with E-state index in [0.29, 0.717) is 11.2 Å². The molecule has 0 aliphatic heterocycles. The fourth-order valence-electron chi connectivity index (χ4n) is 2.07. The Labute approximate surface area is 79.9 Å². The van der Waals surface area contributed by atoms with Crippen molar-refractivity contribution < 1.29 is 0 Å². The highest BCUT2D eigenvalue weighted by Crippen LogP contribution is 2.26. The summed E-state index contributed by atoms with van der Waals surface area (Å²) in [6.45, 7) is 2.24. The van der Waals surface area contributed by atoms with Gasteiger partial charge < -0.3 is 11.1 Å². The average Bonchev–Trinajstić information content (AvgIpc) is 2.04. The van der Waals surface area contributed by atoms with Gasteiger partial charge in [0.2, 0.25) is 0 Å². The fourth-order valence-corrected chi connectivity index (χ4v) is 2.22. The lowest BCUT2D eigenvalue weighted by atomic mass is 9.83. The second-order valence-electron chi connectivity index (χ2n) is 3.57. The molecule has 0 aromatic heterocycles. The van der Waals surface area contributed by atoms with Crippen LogP contribution in [-0.2, 0) is 0 Å². The summed E-state index contributed by atoms with van der Waals surface area (Å²) < 4.78 is 0. The highest BCUT2D eigenvalue weighted by atomic mass is 32.1. The van der Waals surface area contributed by atoms with Crippen LogP contribution in [0, 0.1) is 5.92 Å². The van der Waals surface area contributed by atoms with E-state index in [9.17, 15) is 0 Å². The third-order valence-corrected chi connectivity index (χ3v) is 2.88. The summed E-state index contributed by atoms with van der Waals surface area (Å²) >= 11 is 4.84. The molecule has 0 heterocycles. The number of thiocarbonyl (C=S) groups is 1. The number of hydrogen-bond acceptors (Lipinski definition) is 1. The normalized spacial score (nSPS) is 29.8. The predicted molar refractivity (Wildman–Crippen MR) is 56.0 cm³/mol. The molecule has 2 atom stereocenters. The average molecular weight is 186 g/mol. The Morgan fingerprint density at radius 3 is 2.75 bits per heavy atom. The molecule has 12 heavy (non-hydrogen) atoms. The lowest BCUT2D eigenvalue weighted by Crippen LogP contribution is -2.44. The highest BCUT2D eigenvalue weighted by Gasteiger charge is 2.23. The summed E-state index contributed by atoms with van der Waals surface area (Å²) in [5, 5.41) is 3.65. The summed E-state index contributed by atoms with van der Waals surface area (Å²) in [6, 6.07) is 0.543. The Kier molecular flexibility index (Phi) is 3.79. The molecular weight excluding hydrogens is 168 g/mol. The minimum atomic E-state index is 0.459. The van der Waals surface area contributed by atoms with Crippen molar-refractivity contribution >= 4 is 17.3 Å². The van der Waals surface area contributed by atoms with Gasteiger partial charge in [-0.05, 0) is 31.0 Å². The Morgan fingerprint density at radius 2 is 2.17 bits per heavy atom. The van der Waals surface area contributed by atoms with Crippen LogP contribution in [0.4, 0.5) is 0 Å². The summed E-state index contributed by atoms with van der Waals surface area (Å²) in [6.07, 6.45) is 6.48. The van der Waals surface area contributed by atoms with Gasteiger partial charge in [0.15, 0.2) is 5.11 Å². The maximum atomic E-state index is 5.46. The van der Waals surface area contributed by atoms with Gasteiger partial charge >= 0.3 is 0 Å². The number of rotatable bonds is 2. The first-order valence-corrected chi connectivity index (χ1v) is 5.20. The maximum Gasteiger partial charge on any atom is 0.163 e. The van der Waals surface area contributed by atoms with Gasteiger partial charge in [0.25, 0.3) is 0 Å². The smallest absolute Gasteiger partial charge is 0.163 e. The molecule has 1 aliphatic carbocycles. The molecule has 2 nitrogen and oxygen atoms in total. The van der Waals surface area contributed by atoms with Crippen LogP contribution in [-0.4, -0.2) is 11.2 Å². The van der Waals surface area contributed by atoms with E-state index < -0.39 is 0 Å². The molecule has 0 radical (unpaired) electrons. The van der Waals surface area contributed by atoms with Crippen LogP contribution in [0.1, 0.15) is 39.0 Å². The SMILES string of the molecule is CCC1CCCCC1NC(N)=S. The molecule has 0 saturated heterocycles. The minimum Gasteiger partial charge on any atom is -0.376 e. The zero-order chi connectivity index (χ0) is 8.97. The molecular formula is C9H18N2S. The van der Waals surface area contributed by atoms with Crippen LogP contribution in [0.5, 0.6) is 0 Å². The molecule has 0 aromatic carbocycles. The summed E-state index contributed by atoms with van der Waals surface area (Å²) in [5.74, 6) is 0.778. The van der Waals surface area contributed by atoms with Crippen molar-refractivity contribution in [3.8, 4) is 0 Å². The molecule has 70 valence electrons. The van der Waals surface area contributed by atoms with Gasteiger partial charge in [0, 0.05) is 6.04 Å². The Bertz CT molecular complexity index is 159. The Hall–Kier alpha value is -0.310. The minimum absolute atomic E-state index is 0.459. The molecule has 0 spiro atoms. The Morgan fingerprint density at radius 1 is 1.50 bits per heavy atom. The van der Waals surface area contributed by atoms with Crippen LogP contribution in [0.15, 0.2) is 0 Å². The largest absolute Gasteiger partial charge is 0.376 e. The van der Waals surface area contributed by atoms with E-state index in [1.807, 2.05) is 0 Å². The number of hydrogen-bond donors (Lipinski definition) is 2. The zero-order valence-electron chi connectivity index (χ0n) is 7.68. The van der Waals surface area contributed by atoms with Crippen molar-refractivity contribution in [3.63, 3.8) is 0 Å².